The Morgan fingerprint density at radius 1 is 0.880 bits per heavy atom. The van der Waals surface area contributed by atoms with Crippen LogP contribution >= 0.6 is 0 Å². The van der Waals surface area contributed by atoms with Crippen molar-refractivity contribution >= 4 is 22.4 Å². The maximum absolute atomic E-state index is 13.1. The van der Waals surface area contributed by atoms with Crippen LogP contribution in [0.25, 0.3) is 10.8 Å². The van der Waals surface area contributed by atoms with E-state index in [2.05, 4.69) is 41.3 Å². The van der Waals surface area contributed by atoms with Crippen LogP contribution in [0.5, 0.6) is 0 Å². The molecule has 4 rings (SSSR count). The number of benzene rings is 3. The molecule has 1 aliphatic heterocycles. The summed E-state index contributed by atoms with van der Waals surface area (Å²) >= 11 is 0. The SMILES string of the molecule is CC1C(=O)N(c2cccc3ccccc23)CCN1Cc1ccccc1. The Kier molecular flexibility index (Phi) is 4.24. The van der Waals surface area contributed by atoms with Gasteiger partial charge in [0.25, 0.3) is 0 Å². The van der Waals surface area contributed by atoms with E-state index in [0.717, 1.165) is 30.7 Å². The third kappa shape index (κ3) is 3.03. The van der Waals surface area contributed by atoms with E-state index in [9.17, 15) is 4.79 Å². The maximum Gasteiger partial charge on any atom is 0.244 e. The molecular formula is C22H22N2O. The summed E-state index contributed by atoms with van der Waals surface area (Å²) < 4.78 is 0. The zero-order chi connectivity index (χ0) is 17.2. The molecule has 0 aromatic heterocycles. The molecule has 3 aromatic carbocycles. The van der Waals surface area contributed by atoms with E-state index in [1.54, 1.807) is 0 Å². The van der Waals surface area contributed by atoms with Gasteiger partial charge in [-0.15, -0.1) is 0 Å². The average Bonchev–Trinajstić information content (AvgIpc) is 2.66. The van der Waals surface area contributed by atoms with Gasteiger partial charge < -0.3 is 4.90 Å². The second-order valence-electron chi connectivity index (χ2n) is 6.62. The first-order valence-corrected chi connectivity index (χ1v) is 8.81. The number of hydrogen-bond donors (Lipinski definition) is 0. The zero-order valence-electron chi connectivity index (χ0n) is 14.4. The molecule has 126 valence electrons. The fraction of sp³-hybridized carbons (Fsp3) is 0.227. The van der Waals surface area contributed by atoms with Crippen molar-refractivity contribution in [1.82, 2.24) is 4.90 Å². The van der Waals surface area contributed by atoms with Crippen LogP contribution < -0.4 is 4.90 Å². The van der Waals surface area contributed by atoms with Crippen molar-refractivity contribution in [2.75, 3.05) is 18.0 Å². The van der Waals surface area contributed by atoms with Crippen LogP contribution in [0, 0.1) is 0 Å². The Bertz CT molecular complexity index is 885. The lowest BCUT2D eigenvalue weighted by atomic mass is 10.1. The first kappa shape index (κ1) is 15.9. The van der Waals surface area contributed by atoms with Gasteiger partial charge in [-0.3, -0.25) is 9.69 Å². The molecule has 1 heterocycles. The number of anilines is 1. The molecule has 25 heavy (non-hydrogen) atoms. The van der Waals surface area contributed by atoms with E-state index in [1.165, 1.54) is 10.9 Å². The molecule has 1 unspecified atom stereocenters. The third-order valence-electron chi connectivity index (χ3n) is 5.07. The van der Waals surface area contributed by atoms with Crippen LogP contribution in [-0.4, -0.2) is 29.9 Å². The van der Waals surface area contributed by atoms with Crippen molar-refractivity contribution in [1.29, 1.82) is 0 Å². The van der Waals surface area contributed by atoms with Gasteiger partial charge in [-0.1, -0.05) is 66.7 Å². The zero-order valence-corrected chi connectivity index (χ0v) is 14.4. The second-order valence-corrected chi connectivity index (χ2v) is 6.62. The highest BCUT2D eigenvalue weighted by Crippen LogP contribution is 2.29. The van der Waals surface area contributed by atoms with Crippen LogP contribution in [0.3, 0.4) is 0 Å². The fourth-order valence-corrected chi connectivity index (χ4v) is 3.63. The van der Waals surface area contributed by atoms with Crippen LogP contribution in [0.4, 0.5) is 5.69 Å². The van der Waals surface area contributed by atoms with Crippen molar-refractivity contribution < 1.29 is 4.79 Å². The van der Waals surface area contributed by atoms with E-state index < -0.39 is 0 Å². The minimum atomic E-state index is -0.118. The number of piperazine rings is 1. The largest absolute Gasteiger partial charge is 0.309 e. The highest BCUT2D eigenvalue weighted by molar-refractivity contribution is 6.05. The summed E-state index contributed by atoms with van der Waals surface area (Å²) in [5, 5.41) is 2.31. The van der Waals surface area contributed by atoms with Crippen molar-refractivity contribution in [2.45, 2.75) is 19.5 Å². The summed E-state index contributed by atoms with van der Waals surface area (Å²) in [7, 11) is 0. The van der Waals surface area contributed by atoms with Gasteiger partial charge in [0.05, 0.1) is 11.7 Å². The normalized spacial score (nSPS) is 18.7. The van der Waals surface area contributed by atoms with Gasteiger partial charge in [0.15, 0.2) is 0 Å². The summed E-state index contributed by atoms with van der Waals surface area (Å²) in [6.45, 7) is 4.44. The van der Waals surface area contributed by atoms with Gasteiger partial charge in [-0.05, 0) is 23.9 Å². The van der Waals surface area contributed by atoms with Crippen LogP contribution in [0.2, 0.25) is 0 Å². The van der Waals surface area contributed by atoms with Crippen molar-refractivity contribution in [3.8, 4) is 0 Å². The smallest absolute Gasteiger partial charge is 0.244 e. The highest BCUT2D eigenvalue weighted by atomic mass is 16.2. The Morgan fingerprint density at radius 3 is 2.44 bits per heavy atom. The number of carbonyl (C=O) groups is 1. The summed E-state index contributed by atoms with van der Waals surface area (Å²) in [6.07, 6.45) is 0. The topological polar surface area (TPSA) is 23.6 Å². The molecule has 0 radical (unpaired) electrons. The van der Waals surface area contributed by atoms with Gasteiger partial charge in [0.2, 0.25) is 5.91 Å². The first-order chi connectivity index (χ1) is 12.2. The summed E-state index contributed by atoms with van der Waals surface area (Å²) in [4.78, 5) is 17.3. The lowest BCUT2D eigenvalue weighted by Gasteiger charge is -2.39. The lowest BCUT2D eigenvalue weighted by molar-refractivity contribution is -0.125. The van der Waals surface area contributed by atoms with Gasteiger partial charge >= 0.3 is 0 Å². The van der Waals surface area contributed by atoms with Crippen LogP contribution in [0.15, 0.2) is 72.8 Å². The Balaban J connectivity index is 1.59. The predicted molar refractivity (Wildman–Crippen MR) is 103 cm³/mol. The number of amides is 1. The molecule has 1 aliphatic rings. The van der Waals surface area contributed by atoms with Gasteiger partial charge in [0.1, 0.15) is 0 Å². The number of rotatable bonds is 3. The number of hydrogen-bond acceptors (Lipinski definition) is 2. The molecule has 3 heteroatoms. The molecule has 0 spiro atoms. The average molecular weight is 330 g/mol. The van der Waals surface area contributed by atoms with E-state index in [1.807, 2.05) is 48.2 Å². The molecule has 0 saturated carbocycles. The van der Waals surface area contributed by atoms with Gasteiger partial charge in [-0.25, -0.2) is 0 Å². The number of nitrogens with zero attached hydrogens (tertiary/aromatic N) is 2. The minimum Gasteiger partial charge on any atom is -0.309 e. The minimum absolute atomic E-state index is 0.118. The number of fused-ring (bicyclic) bond motifs is 1. The summed E-state index contributed by atoms with van der Waals surface area (Å²) in [6, 6.07) is 24.7. The van der Waals surface area contributed by atoms with Gasteiger partial charge in [-0.2, -0.15) is 0 Å². The Labute approximate surface area is 148 Å². The quantitative estimate of drug-likeness (QED) is 0.722. The highest BCUT2D eigenvalue weighted by Gasteiger charge is 2.32. The lowest BCUT2D eigenvalue weighted by Crippen LogP contribution is -2.55. The molecule has 0 aliphatic carbocycles. The van der Waals surface area contributed by atoms with Crippen molar-refractivity contribution in [2.24, 2.45) is 0 Å². The van der Waals surface area contributed by atoms with E-state index >= 15 is 0 Å². The number of carbonyl (C=O) groups excluding carboxylic acids is 1. The molecule has 1 fully saturated rings. The molecular weight excluding hydrogens is 308 g/mol. The maximum atomic E-state index is 13.1. The van der Waals surface area contributed by atoms with E-state index in [-0.39, 0.29) is 11.9 Å². The van der Waals surface area contributed by atoms with Crippen molar-refractivity contribution in [3.63, 3.8) is 0 Å². The first-order valence-electron chi connectivity index (χ1n) is 8.81. The predicted octanol–water partition coefficient (Wildman–Crippen LogP) is 4.08. The standard InChI is InChI=1S/C22H22N2O/c1-17-22(25)24(15-14-23(17)16-18-8-3-2-4-9-18)21-13-7-11-19-10-5-6-12-20(19)21/h2-13,17H,14-16H2,1H3. The Hall–Kier alpha value is -2.65. The second kappa shape index (κ2) is 6.69. The monoisotopic (exact) mass is 330 g/mol. The van der Waals surface area contributed by atoms with E-state index in [4.69, 9.17) is 0 Å². The summed E-state index contributed by atoms with van der Waals surface area (Å²) in [5.74, 6) is 0.179. The molecule has 3 nitrogen and oxygen atoms in total. The molecule has 0 bridgehead atoms. The third-order valence-corrected chi connectivity index (χ3v) is 5.07. The molecule has 1 atom stereocenters. The molecule has 1 amide bonds. The van der Waals surface area contributed by atoms with E-state index in [0.29, 0.717) is 0 Å². The summed E-state index contributed by atoms with van der Waals surface area (Å²) in [5.41, 5.74) is 2.27. The molecule has 3 aromatic rings. The van der Waals surface area contributed by atoms with Crippen LogP contribution in [0.1, 0.15) is 12.5 Å². The Morgan fingerprint density at radius 2 is 1.60 bits per heavy atom. The van der Waals surface area contributed by atoms with Crippen LogP contribution in [-0.2, 0) is 11.3 Å². The fourth-order valence-electron chi connectivity index (χ4n) is 3.63. The van der Waals surface area contributed by atoms with Gasteiger partial charge in [0, 0.05) is 25.0 Å². The molecule has 1 saturated heterocycles. The van der Waals surface area contributed by atoms with Crippen molar-refractivity contribution in [3.05, 3.63) is 78.4 Å². The molecule has 0 N–H and O–H groups in total.